The fourth-order valence-corrected chi connectivity index (χ4v) is 5.93. The molecule has 0 radical (unpaired) electrons. The van der Waals surface area contributed by atoms with Crippen molar-refractivity contribution in [1.82, 2.24) is 9.78 Å². The van der Waals surface area contributed by atoms with Crippen LogP contribution >= 0.6 is 0 Å². The van der Waals surface area contributed by atoms with Crippen molar-refractivity contribution in [2.24, 2.45) is 0 Å². The van der Waals surface area contributed by atoms with Crippen molar-refractivity contribution < 1.29 is 0 Å². The van der Waals surface area contributed by atoms with Crippen molar-refractivity contribution in [3.63, 3.8) is 0 Å². The number of aromatic nitrogens is 2. The van der Waals surface area contributed by atoms with Crippen LogP contribution < -0.4 is 4.90 Å². The standard InChI is InChI=1S/C36H29N3/c1-36(2)29-22-12-14-24-31(29)38(32-25-15-13-23-30(32)36)35-33(26-16-6-3-7-17-26)37-39(28-20-10-5-11-21-28)34(35)27-18-8-4-9-19-27/h3-25H,1-2H3. The van der Waals surface area contributed by atoms with Crippen LogP contribution in [0.1, 0.15) is 25.0 Å². The third-order valence-corrected chi connectivity index (χ3v) is 7.82. The zero-order chi connectivity index (χ0) is 26.4. The van der Waals surface area contributed by atoms with Crippen LogP contribution in [0.3, 0.4) is 0 Å². The van der Waals surface area contributed by atoms with E-state index in [2.05, 4.69) is 157 Å². The molecule has 0 bridgehead atoms. The largest absolute Gasteiger partial charge is 0.306 e. The van der Waals surface area contributed by atoms with Gasteiger partial charge in [0.05, 0.1) is 22.8 Å². The Morgan fingerprint density at radius 2 is 0.974 bits per heavy atom. The number of nitrogens with zero attached hydrogens (tertiary/aromatic N) is 3. The first-order valence-corrected chi connectivity index (χ1v) is 13.4. The number of hydrogen-bond acceptors (Lipinski definition) is 2. The van der Waals surface area contributed by atoms with Crippen LogP contribution in [0.4, 0.5) is 17.1 Å². The third-order valence-electron chi connectivity index (χ3n) is 7.82. The number of benzene rings is 5. The molecule has 0 amide bonds. The average Bonchev–Trinajstić information content (AvgIpc) is 3.39. The first kappa shape index (κ1) is 23.2. The van der Waals surface area contributed by atoms with Crippen molar-refractivity contribution in [3.05, 3.63) is 151 Å². The lowest BCUT2D eigenvalue weighted by atomic mass is 9.73. The predicted octanol–water partition coefficient (Wildman–Crippen LogP) is 9.32. The summed E-state index contributed by atoms with van der Waals surface area (Å²) >= 11 is 0. The maximum atomic E-state index is 5.36. The molecule has 5 aromatic carbocycles. The van der Waals surface area contributed by atoms with Gasteiger partial charge in [-0.3, -0.25) is 0 Å². The van der Waals surface area contributed by atoms with Gasteiger partial charge in [0.25, 0.3) is 0 Å². The molecule has 39 heavy (non-hydrogen) atoms. The topological polar surface area (TPSA) is 21.1 Å². The molecule has 1 aliphatic heterocycles. The Bertz CT molecular complexity index is 1720. The van der Waals surface area contributed by atoms with Gasteiger partial charge >= 0.3 is 0 Å². The monoisotopic (exact) mass is 503 g/mol. The maximum Gasteiger partial charge on any atom is 0.117 e. The van der Waals surface area contributed by atoms with Crippen molar-refractivity contribution in [2.45, 2.75) is 19.3 Å². The van der Waals surface area contributed by atoms with E-state index >= 15 is 0 Å². The summed E-state index contributed by atoms with van der Waals surface area (Å²) in [4.78, 5) is 2.44. The summed E-state index contributed by atoms with van der Waals surface area (Å²) in [6.07, 6.45) is 0. The fraction of sp³-hybridized carbons (Fsp3) is 0.0833. The van der Waals surface area contributed by atoms with E-state index in [1.807, 2.05) is 6.07 Å². The molecule has 0 atom stereocenters. The van der Waals surface area contributed by atoms with Crippen LogP contribution in [-0.2, 0) is 5.41 Å². The molecule has 7 rings (SSSR count). The van der Waals surface area contributed by atoms with Gasteiger partial charge in [-0.1, -0.05) is 129 Å². The van der Waals surface area contributed by atoms with E-state index < -0.39 is 0 Å². The minimum atomic E-state index is -0.140. The Kier molecular flexibility index (Phi) is 5.45. The summed E-state index contributed by atoms with van der Waals surface area (Å²) in [5, 5.41) is 5.36. The van der Waals surface area contributed by atoms with Gasteiger partial charge in [-0.2, -0.15) is 5.10 Å². The maximum absolute atomic E-state index is 5.36. The SMILES string of the molecule is CC1(C)c2ccccc2N(c2c(-c3ccccc3)nn(-c3ccccc3)c2-c2ccccc2)c2ccccc21. The number of fused-ring (bicyclic) bond motifs is 2. The van der Waals surface area contributed by atoms with E-state index in [4.69, 9.17) is 5.10 Å². The summed E-state index contributed by atoms with van der Waals surface area (Å²) in [5.41, 5.74) is 11.1. The van der Waals surface area contributed by atoms with Gasteiger partial charge in [-0.05, 0) is 35.4 Å². The fourth-order valence-electron chi connectivity index (χ4n) is 5.93. The van der Waals surface area contributed by atoms with E-state index in [0.29, 0.717) is 0 Å². The molecule has 188 valence electrons. The molecule has 0 saturated heterocycles. The minimum absolute atomic E-state index is 0.140. The smallest absolute Gasteiger partial charge is 0.117 e. The molecule has 0 saturated carbocycles. The molecular formula is C36H29N3. The van der Waals surface area contributed by atoms with Crippen LogP contribution in [0.2, 0.25) is 0 Å². The van der Waals surface area contributed by atoms with E-state index in [9.17, 15) is 0 Å². The molecule has 2 heterocycles. The predicted molar refractivity (Wildman–Crippen MR) is 161 cm³/mol. The van der Waals surface area contributed by atoms with Crippen molar-refractivity contribution >= 4 is 17.1 Å². The molecular weight excluding hydrogens is 474 g/mol. The molecule has 0 fully saturated rings. The average molecular weight is 504 g/mol. The number of para-hydroxylation sites is 3. The van der Waals surface area contributed by atoms with Crippen LogP contribution in [0.5, 0.6) is 0 Å². The normalized spacial score (nSPS) is 13.5. The van der Waals surface area contributed by atoms with Gasteiger partial charge in [0.2, 0.25) is 0 Å². The van der Waals surface area contributed by atoms with E-state index in [1.165, 1.54) is 22.5 Å². The second-order valence-corrected chi connectivity index (χ2v) is 10.5. The lowest BCUT2D eigenvalue weighted by Crippen LogP contribution is -2.30. The zero-order valence-electron chi connectivity index (χ0n) is 22.1. The number of hydrogen-bond donors (Lipinski definition) is 0. The lowest BCUT2D eigenvalue weighted by molar-refractivity contribution is 0.632. The Balaban J connectivity index is 1.64. The molecule has 1 aliphatic rings. The number of anilines is 3. The Morgan fingerprint density at radius 1 is 0.513 bits per heavy atom. The molecule has 0 spiro atoms. The van der Waals surface area contributed by atoms with Crippen LogP contribution in [0.15, 0.2) is 140 Å². The molecule has 3 heteroatoms. The van der Waals surface area contributed by atoms with Crippen molar-refractivity contribution in [1.29, 1.82) is 0 Å². The van der Waals surface area contributed by atoms with Gasteiger partial charge < -0.3 is 4.90 Å². The molecule has 0 N–H and O–H groups in total. The van der Waals surface area contributed by atoms with E-state index in [1.54, 1.807) is 0 Å². The Hall–Kier alpha value is -4.89. The number of rotatable bonds is 4. The minimum Gasteiger partial charge on any atom is -0.306 e. The molecule has 0 unspecified atom stereocenters. The van der Waals surface area contributed by atoms with E-state index in [-0.39, 0.29) is 5.41 Å². The highest BCUT2D eigenvalue weighted by Gasteiger charge is 2.39. The second kappa shape index (κ2) is 9.14. The van der Waals surface area contributed by atoms with Gasteiger partial charge in [0.1, 0.15) is 11.4 Å². The highest BCUT2D eigenvalue weighted by molar-refractivity contribution is 5.98. The van der Waals surface area contributed by atoms with Crippen LogP contribution in [0.25, 0.3) is 28.2 Å². The lowest BCUT2D eigenvalue weighted by Gasteiger charge is -2.42. The Morgan fingerprint density at radius 3 is 1.54 bits per heavy atom. The molecule has 0 aliphatic carbocycles. The first-order valence-electron chi connectivity index (χ1n) is 13.4. The molecule has 3 nitrogen and oxygen atoms in total. The molecule has 6 aromatic rings. The van der Waals surface area contributed by atoms with Gasteiger partial charge in [-0.25, -0.2) is 4.68 Å². The van der Waals surface area contributed by atoms with Gasteiger partial charge in [0, 0.05) is 16.5 Å². The van der Waals surface area contributed by atoms with Crippen LogP contribution in [-0.4, -0.2) is 9.78 Å². The Labute approximate surface area is 229 Å². The summed E-state index contributed by atoms with van der Waals surface area (Å²) in [7, 11) is 0. The van der Waals surface area contributed by atoms with Crippen molar-refractivity contribution in [3.8, 4) is 28.2 Å². The summed E-state index contributed by atoms with van der Waals surface area (Å²) in [6.45, 7) is 4.65. The second-order valence-electron chi connectivity index (χ2n) is 10.5. The van der Waals surface area contributed by atoms with Gasteiger partial charge in [-0.15, -0.1) is 0 Å². The highest BCUT2D eigenvalue weighted by Crippen LogP contribution is 2.55. The third kappa shape index (κ3) is 3.70. The first-order chi connectivity index (χ1) is 19.1. The molecule has 1 aromatic heterocycles. The quantitative estimate of drug-likeness (QED) is 0.239. The van der Waals surface area contributed by atoms with E-state index in [0.717, 1.165) is 33.9 Å². The van der Waals surface area contributed by atoms with Gasteiger partial charge in [0.15, 0.2) is 0 Å². The summed E-state index contributed by atoms with van der Waals surface area (Å²) < 4.78 is 2.11. The highest BCUT2D eigenvalue weighted by atomic mass is 15.3. The summed E-state index contributed by atoms with van der Waals surface area (Å²) in [5.74, 6) is 0. The van der Waals surface area contributed by atoms with Crippen molar-refractivity contribution in [2.75, 3.05) is 4.90 Å². The zero-order valence-corrected chi connectivity index (χ0v) is 22.1. The van der Waals surface area contributed by atoms with Crippen LogP contribution in [0, 0.1) is 0 Å². The summed E-state index contributed by atoms with van der Waals surface area (Å²) in [6, 6.07) is 49.2.